The highest BCUT2D eigenvalue weighted by atomic mass is 32.1. The van der Waals surface area contributed by atoms with E-state index in [1.54, 1.807) is 11.3 Å². The predicted octanol–water partition coefficient (Wildman–Crippen LogP) is 3.54. The Bertz CT molecular complexity index is 262. The van der Waals surface area contributed by atoms with Gasteiger partial charge < -0.3 is 5.32 Å². The first-order chi connectivity index (χ1) is 6.86. The average molecular weight is 209 g/mol. The van der Waals surface area contributed by atoms with E-state index >= 15 is 0 Å². The fourth-order valence-corrected chi connectivity index (χ4v) is 1.91. The van der Waals surface area contributed by atoms with Gasteiger partial charge >= 0.3 is 0 Å². The van der Waals surface area contributed by atoms with Crippen LogP contribution in [-0.2, 0) is 0 Å². The highest BCUT2D eigenvalue weighted by Gasteiger charge is 1.95. The van der Waals surface area contributed by atoms with Crippen LogP contribution < -0.4 is 5.32 Å². The summed E-state index contributed by atoms with van der Waals surface area (Å²) in [5.74, 6) is 0. The second-order valence-corrected chi connectivity index (χ2v) is 4.17. The van der Waals surface area contributed by atoms with Crippen molar-refractivity contribution >= 4 is 17.4 Å². The van der Waals surface area contributed by atoms with Crippen LogP contribution in [-0.4, -0.2) is 13.1 Å². The molecule has 0 spiro atoms. The minimum atomic E-state index is 1.03. The van der Waals surface area contributed by atoms with Gasteiger partial charge in [-0.15, -0.1) is 0 Å². The van der Waals surface area contributed by atoms with Crippen LogP contribution in [0.3, 0.4) is 0 Å². The molecule has 1 heterocycles. The maximum absolute atomic E-state index is 3.43. The molecule has 1 nitrogen and oxygen atoms in total. The zero-order chi connectivity index (χ0) is 10.2. The Labute approximate surface area is 90.9 Å². The van der Waals surface area contributed by atoms with Crippen molar-refractivity contribution in [2.75, 3.05) is 13.1 Å². The average Bonchev–Trinajstić information content (AvgIpc) is 2.69. The van der Waals surface area contributed by atoms with E-state index in [4.69, 9.17) is 0 Å². The summed E-state index contributed by atoms with van der Waals surface area (Å²) < 4.78 is 0. The zero-order valence-corrected chi connectivity index (χ0v) is 9.86. The minimum Gasteiger partial charge on any atom is -0.313 e. The standard InChI is InChI=1S/C12H19NS/c1-3-6-13-9-11(4-2)8-12-5-7-14-10-12/h5,7-8,10,13H,3-4,6,9H2,1-2H3. The summed E-state index contributed by atoms with van der Waals surface area (Å²) in [6.45, 7) is 6.55. The first-order valence-electron chi connectivity index (χ1n) is 5.29. The van der Waals surface area contributed by atoms with Crippen LogP contribution in [0, 0.1) is 0 Å². The number of hydrogen-bond donors (Lipinski definition) is 1. The fraction of sp³-hybridized carbons (Fsp3) is 0.500. The molecule has 0 aliphatic carbocycles. The molecule has 0 saturated heterocycles. The van der Waals surface area contributed by atoms with E-state index in [2.05, 4.69) is 42.1 Å². The third-order valence-corrected chi connectivity index (χ3v) is 2.85. The number of hydrogen-bond acceptors (Lipinski definition) is 2. The molecule has 1 N–H and O–H groups in total. The van der Waals surface area contributed by atoms with E-state index < -0.39 is 0 Å². The number of nitrogens with one attached hydrogen (secondary N) is 1. The first kappa shape index (κ1) is 11.5. The van der Waals surface area contributed by atoms with E-state index in [-0.39, 0.29) is 0 Å². The van der Waals surface area contributed by atoms with Crippen molar-refractivity contribution in [2.24, 2.45) is 0 Å². The second-order valence-electron chi connectivity index (χ2n) is 3.39. The number of rotatable bonds is 6. The van der Waals surface area contributed by atoms with Gasteiger partial charge in [-0.1, -0.05) is 25.5 Å². The summed E-state index contributed by atoms with van der Waals surface area (Å²) in [4.78, 5) is 0. The molecule has 78 valence electrons. The summed E-state index contributed by atoms with van der Waals surface area (Å²) in [5.41, 5.74) is 2.82. The Hall–Kier alpha value is -0.600. The Balaban J connectivity index is 2.45. The highest BCUT2D eigenvalue weighted by molar-refractivity contribution is 7.08. The molecule has 0 saturated carbocycles. The molecule has 0 aliphatic heterocycles. The molecule has 0 unspecified atom stereocenters. The normalized spacial score (nSPS) is 12.0. The second kappa shape index (κ2) is 6.80. The largest absolute Gasteiger partial charge is 0.313 e. The molecular formula is C12H19NS. The van der Waals surface area contributed by atoms with Crippen molar-refractivity contribution in [1.29, 1.82) is 0 Å². The SMILES string of the molecule is CCCNCC(=Cc1ccsc1)CC. The molecule has 0 aromatic carbocycles. The van der Waals surface area contributed by atoms with Crippen LogP contribution in [0.5, 0.6) is 0 Å². The monoisotopic (exact) mass is 209 g/mol. The van der Waals surface area contributed by atoms with Crippen molar-refractivity contribution < 1.29 is 0 Å². The topological polar surface area (TPSA) is 12.0 Å². The molecule has 0 bridgehead atoms. The molecule has 14 heavy (non-hydrogen) atoms. The molecule has 0 atom stereocenters. The van der Waals surface area contributed by atoms with Gasteiger partial charge in [0, 0.05) is 6.54 Å². The molecule has 0 aliphatic rings. The van der Waals surface area contributed by atoms with Gasteiger partial charge in [-0.2, -0.15) is 11.3 Å². The fourth-order valence-electron chi connectivity index (χ4n) is 1.30. The van der Waals surface area contributed by atoms with Gasteiger partial charge in [-0.3, -0.25) is 0 Å². The number of thiophene rings is 1. The lowest BCUT2D eigenvalue weighted by Crippen LogP contribution is -2.17. The lowest BCUT2D eigenvalue weighted by molar-refractivity contribution is 0.706. The summed E-state index contributed by atoms with van der Waals surface area (Å²) in [6.07, 6.45) is 4.63. The van der Waals surface area contributed by atoms with Gasteiger partial charge in [0.15, 0.2) is 0 Å². The molecule has 0 fully saturated rings. The highest BCUT2D eigenvalue weighted by Crippen LogP contribution is 2.12. The summed E-state index contributed by atoms with van der Waals surface area (Å²) >= 11 is 1.76. The molecule has 1 aromatic rings. The van der Waals surface area contributed by atoms with Crippen LogP contribution >= 0.6 is 11.3 Å². The maximum Gasteiger partial charge on any atom is 0.0167 e. The first-order valence-corrected chi connectivity index (χ1v) is 6.23. The van der Waals surface area contributed by atoms with Gasteiger partial charge in [0.1, 0.15) is 0 Å². The van der Waals surface area contributed by atoms with Crippen LogP contribution in [0.4, 0.5) is 0 Å². The van der Waals surface area contributed by atoms with E-state index in [1.165, 1.54) is 17.6 Å². The zero-order valence-electron chi connectivity index (χ0n) is 9.05. The van der Waals surface area contributed by atoms with Crippen LogP contribution in [0.1, 0.15) is 32.3 Å². The van der Waals surface area contributed by atoms with Crippen molar-refractivity contribution in [3.05, 3.63) is 28.0 Å². The molecule has 2 heteroatoms. The molecule has 1 aromatic heterocycles. The maximum atomic E-state index is 3.43. The van der Waals surface area contributed by atoms with Gasteiger partial charge in [0.05, 0.1) is 0 Å². The third kappa shape index (κ3) is 4.07. The van der Waals surface area contributed by atoms with Crippen molar-refractivity contribution in [3.63, 3.8) is 0 Å². The lowest BCUT2D eigenvalue weighted by atomic mass is 10.1. The van der Waals surface area contributed by atoms with E-state index in [0.29, 0.717) is 0 Å². The predicted molar refractivity (Wildman–Crippen MR) is 65.7 cm³/mol. The van der Waals surface area contributed by atoms with Crippen LogP contribution in [0.25, 0.3) is 6.08 Å². The molecule has 0 amide bonds. The molecule has 1 rings (SSSR count). The molecule has 0 radical (unpaired) electrons. The van der Waals surface area contributed by atoms with Crippen LogP contribution in [0.2, 0.25) is 0 Å². The summed E-state index contributed by atoms with van der Waals surface area (Å²) in [5, 5.41) is 7.75. The summed E-state index contributed by atoms with van der Waals surface area (Å²) in [6, 6.07) is 2.17. The lowest BCUT2D eigenvalue weighted by Gasteiger charge is -2.05. The Morgan fingerprint density at radius 3 is 2.93 bits per heavy atom. The van der Waals surface area contributed by atoms with Crippen molar-refractivity contribution in [3.8, 4) is 0 Å². The van der Waals surface area contributed by atoms with E-state index in [9.17, 15) is 0 Å². The quantitative estimate of drug-likeness (QED) is 0.707. The van der Waals surface area contributed by atoms with E-state index in [1.807, 2.05) is 0 Å². The van der Waals surface area contributed by atoms with E-state index in [0.717, 1.165) is 19.5 Å². The molecular weight excluding hydrogens is 190 g/mol. The Kier molecular flexibility index (Phi) is 5.57. The van der Waals surface area contributed by atoms with Gasteiger partial charge in [0.25, 0.3) is 0 Å². The van der Waals surface area contributed by atoms with Gasteiger partial charge in [-0.05, 0) is 41.8 Å². The van der Waals surface area contributed by atoms with Crippen molar-refractivity contribution in [1.82, 2.24) is 5.32 Å². The third-order valence-electron chi connectivity index (χ3n) is 2.15. The van der Waals surface area contributed by atoms with Crippen LogP contribution in [0.15, 0.2) is 22.4 Å². The smallest absolute Gasteiger partial charge is 0.0167 e. The summed E-state index contributed by atoms with van der Waals surface area (Å²) in [7, 11) is 0. The minimum absolute atomic E-state index is 1.03. The van der Waals surface area contributed by atoms with Gasteiger partial charge in [-0.25, -0.2) is 0 Å². The Morgan fingerprint density at radius 2 is 2.36 bits per heavy atom. The van der Waals surface area contributed by atoms with Crippen molar-refractivity contribution in [2.45, 2.75) is 26.7 Å². The Morgan fingerprint density at radius 1 is 1.50 bits per heavy atom. The van der Waals surface area contributed by atoms with Gasteiger partial charge in [0.2, 0.25) is 0 Å².